The Kier molecular flexibility index (Phi) is 7.83. The molecule has 2 aromatic carbocycles. The molecule has 8 heteroatoms. The largest absolute Gasteiger partial charge is 0.484 e. The Bertz CT molecular complexity index is 912. The molecule has 0 saturated carbocycles. The number of amides is 2. The fraction of sp³-hybridized carbons (Fsp3) is 0.348. The van der Waals surface area contributed by atoms with Crippen molar-refractivity contribution in [2.45, 2.75) is 13.8 Å². The molecule has 0 radical (unpaired) electrons. The summed E-state index contributed by atoms with van der Waals surface area (Å²) in [6.07, 6.45) is 0. The lowest BCUT2D eigenvalue weighted by Gasteiger charge is -2.37. The number of benzene rings is 2. The van der Waals surface area contributed by atoms with E-state index in [2.05, 4.69) is 15.5 Å². The van der Waals surface area contributed by atoms with Gasteiger partial charge in [0.15, 0.2) is 11.7 Å². The van der Waals surface area contributed by atoms with Gasteiger partial charge in [0.25, 0.3) is 5.91 Å². The van der Waals surface area contributed by atoms with E-state index in [4.69, 9.17) is 17.0 Å². The van der Waals surface area contributed by atoms with E-state index in [-0.39, 0.29) is 29.5 Å². The number of piperazine rings is 1. The van der Waals surface area contributed by atoms with E-state index in [0.717, 1.165) is 24.5 Å². The number of ether oxygens (including phenoxy) is 1. The van der Waals surface area contributed by atoms with Crippen LogP contribution in [0.3, 0.4) is 0 Å². The number of nitrogens with zero attached hydrogens (tertiary/aromatic N) is 2. The average molecular weight is 441 g/mol. The van der Waals surface area contributed by atoms with Crippen molar-refractivity contribution in [3.63, 3.8) is 0 Å². The van der Waals surface area contributed by atoms with E-state index in [9.17, 15) is 9.59 Å². The van der Waals surface area contributed by atoms with Crippen molar-refractivity contribution in [1.82, 2.24) is 10.2 Å². The van der Waals surface area contributed by atoms with E-state index in [1.54, 1.807) is 12.1 Å². The lowest BCUT2D eigenvalue weighted by molar-refractivity contribution is -0.134. The summed E-state index contributed by atoms with van der Waals surface area (Å²) in [6, 6.07) is 16.9. The zero-order valence-corrected chi connectivity index (χ0v) is 18.7. The van der Waals surface area contributed by atoms with Crippen LogP contribution < -0.4 is 20.3 Å². The predicted octanol–water partition coefficient (Wildman–Crippen LogP) is 2.88. The zero-order valence-electron chi connectivity index (χ0n) is 17.8. The Morgan fingerprint density at radius 1 is 1.00 bits per heavy atom. The first-order valence-corrected chi connectivity index (χ1v) is 10.8. The number of carbonyl (C=O) groups is 2. The van der Waals surface area contributed by atoms with E-state index < -0.39 is 0 Å². The van der Waals surface area contributed by atoms with Gasteiger partial charge in [-0.3, -0.25) is 14.9 Å². The van der Waals surface area contributed by atoms with Crippen molar-refractivity contribution in [2.24, 2.45) is 5.92 Å². The number of hydrogen-bond donors (Lipinski definition) is 2. The Hall–Kier alpha value is -3.13. The second-order valence-corrected chi connectivity index (χ2v) is 8.00. The SMILES string of the molecule is CC(C)C(=O)N1CCN(c2ccccc2NC(=S)NC(=O)COc2ccccc2)CC1. The molecule has 2 aromatic rings. The van der Waals surface area contributed by atoms with Crippen LogP contribution in [0.25, 0.3) is 0 Å². The maximum Gasteiger partial charge on any atom is 0.264 e. The standard InChI is InChI=1S/C23H28N4O3S/c1-17(2)22(29)27-14-12-26(13-15-27)20-11-7-6-10-19(20)24-23(31)25-21(28)16-30-18-8-4-3-5-9-18/h3-11,17H,12-16H2,1-2H3,(H2,24,25,28,31). The Balaban J connectivity index is 1.54. The minimum absolute atomic E-state index is 0.00681. The Morgan fingerprint density at radius 2 is 1.65 bits per heavy atom. The van der Waals surface area contributed by atoms with E-state index in [0.29, 0.717) is 18.8 Å². The highest BCUT2D eigenvalue weighted by Crippen LogP contribution is 2.26. The number of anilines is 2. The van der Waals surface area contributed by atoms with Gasteiger partial charge in [0.2, 0.25) is 5.91 Å². The lowest BCUT2D eigenvalue weighted by Crippen LogP contribution is -2.50. The number of carbonyl (C=O) groups excluding carboxylic acids is 2. The minimum Gasteiger partial charge on any atom is -0.484 e. The first kappa shape index (κ1) is 22.6. The number of para-hydroxylation sites is 3. The van der Waals surface area contributed by atoms with Gasteiger partial charge in [-0.25, -0.2) is 0 Å². The van der Waals surface area contributed by atoms with Crippen LogP contribution in [-0.2, 0) is 9.59 Å². The maximum atomic E-state index is 12.2. The van der Waals surface area contributed by atoms with Crippen LogP contribution >= 0.6 is 12.2 Å². The van der Waals surface area contributed by atoms with Gasteiger partial charge in [0.1, 0.15) is 5.75 Å². The van der Waals surface area contributed by atoms with Crippen LogP contribution in [-0.4, -0.2) is 54.6 Å². The molecule has 1 aliphatic heterocycles. The normalized spacial score (nSPS) is 13.6. The highest BCUT2D eigenvalue weighted by molar-refractivity contribution is 7.80. The molecule has 7 nitrogen and oxygen atoms in total. The molecule has 0 spiro atoms. The molecule has 0 bridgehead atoms. The molecule has 0 unspecified atom stereocenters. The highest BCUT2D eigenvalue weighted by Gasteiger charge is 2.24. The second-order valence-electron chi connectivity index (χ2n) is 7.59. The van der Waals surface area contributed by atoms with Crippen molar-refractivity contribution >= 4 is 40.5 Å². The molecule has 1 heterocycles. The summed E-state index contributed by atoms with van der Waals surface area (Å²) >= 11 is 5.32. The second kappa shape index (κ2) is 10.8. The molecule has 0 aromatic heterocycles. The summed E-state index contributed by atoms with van der Waals surface area (Å²) in [5, 5.41) is 5.97. The van der Waals surface area contributed by atoms with Gasteiger partial charge in [-0.2, -0.15) is 0 Å². The number of nitrogens with one attached hydrogen (secondary N) is 2. The first-order valence-electron chi connectivity index (χ1n) is 10.4. The summed E-state index contributed by atoms with van der Waals surface area (Å²) in [4.78, 5) is 28.5. The van der Waals surface area contributed by atoms with Crippen LogP contribution in [0.15, 0.2) is 54.6 Å². The fourth-order valence-corrected chi connectivity index (χ4v) is 3.59. The molecule has 0 atom stereocenters. The molecule has 1 saturated heterocycles. The van der Waals surface area contributed by atoms with Crippen LogP contribution in [0, 0.1) is 5.92 Å². The van der Waals surface area contributed by atoms with Crippen molar-refractivity contribution in [3.05, 3.63) is 54.6 Å². The molecule has 2 N–H and O–H groups in total. The summed E-state index contributed by atoms with van der Waals surface area (Å²) in [5.41, 5.74) is 1.79. The van der Waals surface area contributed by atoms with Crippen LogP contribution in [0.1, 0.15) is 13.8 Å². The quantitative estimate of drug-likeness (QED) is 0.673. The molecule has 2 amide bonds. The van der Waals surface area contributed by atoms with Crippen molar-refractivity contribution in [2.75, 3.05) is 43.0 Å². The smallest absolute Gasteiger partial charge is 0.264 e. The maximum absolute atomic E-state index is 12.2. The van der Waals surface area contributed by atoms with Crippen LogP contribution in [0.5, 0.6) is 5.75 Å². The Morgan fingerprint density at radius 3 is 2.32 bits per heavy atom. The third-order valence-electron chi connectivity index (χ3n) is 4.94. The first-order chi connectivity index (χ1) is 14.9. The summed E-state index contributed by atoms with van der Waals surface area (Å²) in [7, 11) is 0. The summed E-state index contributed by atoms with van der Waals surface area (Å²) in [5.74, 6) is 0.483. The van der Waals surface area contributed by atoms with Crippen molar-refractivity contribution < 1.29 is 14.3 Å². The molecular formula is C23H28N4O3S. The van der Waals surface area contributed by atoms with Gasteiger partial charge in [-0.1, -0.05) is 44.2 Å². The van der Waals surface area contributed by atoms with Gasteiger partial charge in [0, 0.05) is 32.1 Å². The number of thiocarbonyl (C=S) groups is 1. The lowest BCUT2D eigenvalue weighted by atomic mass is 10.1. The minimum atomic E-state index is -0.334. The average Bonchev–Trinajstić information content (AvgIpc) is 2.78. The third kappa shape index (κ3) is 6.42. The van der Waals surface area contributed by atoms with E-state index in [1.165, 1.54) is 0 Å². The topological polar surface area (TPSA) is 73.9 Å². The molecule has 31 heavy (non-hydrogen) atoms. The number of rotatable bonds is 6. The Labute approximate surface area is 188 Å². The van der Waals surface area contributed by atoms with Gasteiger partial charge in [-0.05, 0) is 36.5 Å². The van der Waals surface area contributed by atoms with Gasteiger partial charge < -0.3 is 19.9 Å². The van der Waals surface area contributed by atoms with E-state index >= 15 is 0 Å². The van der Waals surface area contributed by atoms with Crippen molar-refractivity contribution in [3.8, 4) is 5.75 Å². The molecular weight excluding hydrogens is 412 g/mol. The zero-order chi connectivity index (χ0) is 22.2. The summed E-state index contributed by atoms with van der Waals surface area (Å²) < 4.78 is 5.44. The highest BCUT2D eigenvalue weighted by atomic mass is 32.1. The molecule has 164 valence electrons. The predicted molar refractivity (Wildman–Crippen MR) is 126 cm³/mol. The molecule has 0 aliphatic carbocycles. The van der Waals surface area contributed by atoms with E-state index in [1.807, 2.05) is 61.2 Å². The van der Waals surface area contributed by atoms with Gasteiger partial charge in [0.05, 0.1) is 11.4 Å². The molecule has 1 aliphatic rings. The fourth-order valence-electron chi connectivity index (χ4n) is 3.37. The summed E-state index contributed by atoms with van der Waals surface area (Å²) in [6.45, 7) is 6.57. The van der Waals surface area contributed by atoms with Crippen molar-refractivity contribution in [1.29, 1.82) is 0 Å². The number of hydrogen-bond acceptors (Lipinski definition) is 5. The monoisotopic (exact) mass is 440 g/mol. The van der Waals surface area contributed by atoms with Gasteiger partial charge in [-0.15, -0.1) is 0 Å². The third-order valence-corrected chi connectivity index (χ3v) is 5.15. The molecule has 1 fully saturated rings. The molecule has 3 rings (SSSR count). The van der Waals surface area contributed by atoms with Crippen LogP contribution in [0.4, 0.5) is 11.4 Å². The van der Waals surface area contributed by atoms with Crippen LogP contribution in [0.2, 0.25) is 0 Å². The van der Waals surface area contributed by atoms with Gasteiger partial charge >= 0.3 is 0 Å².